The standard InChI is InChI=1S/C27H24BrFN2O/c28-19-9-11-23(21(29)14-19)31-27(32)18-8-10-22-20(13-18)24-16-6-7-17(12-16)25(24)26(30-22)15-4-2-1-3-5-15/h1-5,8-11,13-14,16-17,24-26,30H,6-7,12H2,(H,31,32)/t16-,17-,24-,25-,26-/m0/s1. The molecule has 6 rings (SSSR count). The molecule has 1 aliphatic heterocycles. The minimum Gasteiger partial charge on any atom is -0.378 e. The molecule has 3 aromatic rings. The van der Waals surface area contributed by atoms with Crippen molar-refractivity contribution < 1.29 is 9.18 Å². The van der Waals surface area contributed by atoms with Crippen molar-refractivity contribution in [1.29, 1.82) is 0 Å². The SMILES string of the molecule is O=C(Nc1ccc(Br)cc1F)c1ccc2c(c1)[C@@H]1[C@H]3CC[C@@H](C3)[C@@H]1[C@H](c1ccccc1)N2. The first-order chi connectivity index (χ1) is 15.6. The average molecular weight is 491 g/mol. The normalized spacial score (nSPS) is 27.4. The van der Waals surface area contributed by atoms with Crippen LogP contribution < -0.4 is 10.6 Å². The minimum atomic E-state index is -0.453. The third-order valence-electron chi connectivity index (χ3n) is 7.69. The summed E-state index contributed by atoms with van der Waals surface area (Å²) in [6.07, 6.45) is 3.85. The lowest BCUT2D eigenvalue weighted by molar-refractivity contribution is 0.102. The van der Waals surface area contributed by atoms with Gasteiger partial charge in [-0.2, -0.15) is 0 Å². The van der Waals surface area contributed by atoms with E-state index in [1.54, 1.807) is 12.1 Å². The highest BCUT2D eigenvalue weighted by Gasteiger charge is 2.53. The monoisotopic (exact) mass is 490 g/mol. The number of carbonyl (C=O) groups excluding carboxylic acids is 1. The van der Waals surface area contributed by atoms with E-state index in [1.165, 1.54) is 36.5 Å². The van der Waals surface area contributed by atoms with E-state index in [4.69, 9.17) is 0 Å². The van der Waals surface area contributed by atoms with Gasteiger partial charge < -0.3 is 10.6 Å². The van der Waals surface area contributed by atoms with Crippen molar-refractivity contribution >= 4 is 33.2 Å². The quantitative estimate of drug-likeness (QED) is 0.409. The molecular weight excluding hydrogens is 467 g/mol. The molecule has 0 unspecified atom stereocenters. The van der Waals surface area contributed by atoms with E-state index in [1.807, 2.05) is 18.2 Å². The topological polar surface area (TPSA) is 41.1 Å². The largest absolute Gasteiger partial charge is 0.378 e. The maximum absolute atomic E-state index is 14.2. The van der Waals surface area contributed by atoms with Crippen LogP contribution in [0.15, 0.2) is 71.2 Å². The first-order valence-electron chi connectivity index (χ1n) is 11.3. The molecular formula is C27H24BrFN2O. The van der Waals surface area contributed by atoms with Crippen molar-refractivity contribution in [3.63, 3.8) is 0 Å². The van der Waals surface area contributed by atoms with E-state index < -0.39 is 5.82 Å². The molecule has 1 heterocycles. The maximum Gasteiger partial charge on any atom is 0.255 e. The van der Waals surface area contributed by atoms with E-state index in [0.29, 0.717) is 33.8 Å². The number of halogens is 2. The Balaban J connectivity index is 1.34. The number of rotatable bonds is 3. The summed E-state index contributed by atoms with van der Waals surface area (Å²) in [5.41, 5.74) is 4.48. The van der Waals surface area contributed by atoms with Gasteiger partial charge in [-0.1, -0.05) is 46.3 Å². The third kappa shape index (κ3) is 3.25. The fourth-order valence-corrected chi connectivity index (χ4v) is 6.74. The molecule has 2 fully saturated rings. The molecule has 2 saturated carbocycles. The van der Waals surface area contributed by atoms with Crippen LogP contribution in [0.1, 0.15) is 52.7 Å². The Kier molecular flexibility index (Phi) is 4.83. The molecule has 2 aliphatic carbocycles. The van der Waals surface area contributed by atoms with Crippen molar-refractivity contribution in [2.75, 3.05) is 10.6 Å². The van der Waals surface area contributed by atoms with E-state index in [0.717, 1.165) is 11.6 Å². The molecule has 32 heavy (non-hydrogen) atoms. The zero-order chi connectivity index (χ0) is 21.8. The van der Waals surface area contributed by atoms with Gasteiger partial charge in [0.25, 0.3) is 5.91 Å². The Morgan fingerprint density at radius 2 is 1.81 bits per heavy atom. The maximum atomic E-state index is 14.2. The molecule has 0 saturated heterocycles. The van der Waals surface area contributed by atoms with Crippen LogP contribution in [-0.4, -0.2) is 5.91 Å². The summed E-state index contributed by atoms with van der Waals surface area (Å²) in [5.74, 6) is 1.69. The summed E-state index contributed by atoms with van der Waals surface area (Å²) in [7, 11) is 0. The number of amides is 1. The second-order valence-corrected chi connectivity index (χ2v) is 10.3. The molecule has 162 valence electrons. The summed E-state index contributed by atoms with van der Waals surface area (Å²) in [4.78, 5) is 13.0. The van der Waals surface area contributed by atoms with E-state index in [9.17, 15) is 9.18 Å². The molecule has 3 aromatic carbocycles. The predicted octanol–water partition coefficient (Wildman–Crippen LogP) is 7.14. The third-order valence-corrected chi connectivity index (χ3v) is 8.18. The van der Waals surface area contributed by atoms with Crippen molar-refractivity contribution in [3.8, 4) is 0 Å². The van der Waals surface area contributed by atoms with Gasteiger partial charge in [0.15, 0.2) is 0 Å². The molecule has 0 spiro atoms. The van der Waals surface area contributed by atoms with Gasteiger partial charge >= 0.3 is 0 Å². The van der Waals surface area contributed by atoms with E-state index >= 15 is 0 Å². The zero-order valence-electron chi connectivity index (χ0n) is 17.5. The number of hydrogen-bond acceptors (Lipinski definition) is 2. The number of carbonyl (C=O) groups is 1. The number of nitrogens with one attached hydrogen (secondary N) is 2. The van der Waals surface area contributed by atoms with Gasteiger partial charge in [0.1, 0.15) is 5.82 Å². The van der Waals surface area contributed by atoms with Crippen molar-refractivity contribution in [2.24, 2.45) is 17.8 Å². The smallest absolute Gasteiger partial charge is 0.255 e. The highest BCUT2D eigenvalue weighted by molar-refractivity contribution is 9.10. The minimum absolute atomic E-state index is 0.191. The first-order valence-corrected chi connectivity index (χ1v) is 12.1. The Hall–Kier alpha value is -2.66. The molecule has 5 atom stereocenters. The second kappa shape index (κ2) is 7.73. The Bertz CT molecular complexity index is 1200. The molecule has 0 aromatic heterocycles. The molecule has 0 radical (unpaired) electrons. The lowest BCUT2D eigenvalue weighted by atomic mass is 9.68. The van der Waals surface area contributed by atoms with Gasteiger partial charge in [-0.25, -0.2) is 4.39 Å². The Labute approximate surface area is 195 Å². The average Bonchev–Trinajstić information content (AvgIpc) is 3.43. The van der Waals surface area contributed by atoms with Crippen molar-refractivity contribution in [3.05, 3.63) is 93.7 Å². The summed E-state index contributed by atoms with van der Waals surface area (Å²) in [5, 5.41) is 6.54. The molecule has 5 heteroatoms. The van der Waals surface area contributed by atoms with Gasteiger partial charge in [0.05, 0.1) is 11.7 Å². The van der Waals surface area contributed by atoms with Gasteiger partial charge in [0, 0.05) is 15.7 Å². The van der Waals surface area contributed by atoms with Crippen molar-refractivity contribution in [1.82, 2.24) is 0 Å². The summed E-state index contributed by atoms with van der Waals surface area (Å²) in [6, 6.07) is 21.6. The fourth-order valence-electron chi connectivity index (χ4n) is 6.40. The van der Waals surface area contributed by atoms with Crippen LogP contribution in [0.4, 0.5) is 15.8 Å². The van der Waals surface area contributed by atoms with Gasteiger partial charge in [-0.15, -0.1) is 0 Å². The van der Waals surface area contributed by atoms with Crippen LogP contribution >= 0.6 is 15.9 Å². The van der Waals surface area contributed by atoms with Crippen molar-refractivity contribution in [2.45, 2.75) is 31.2 Å². The first kappa shape index (κ1) is 20.0. The van der Waals surface area contributed by atoms with Gasteiger partial charge in [-0.05, 0) is 90.5 Å². The molecule has 3 aliphatic rings. The molecule has 3 nitrogen and oxygen atoms in total. The predicted molar refractivity (Wildman–Crippen MR) is 128 cm³/mol. The van der Waals surface area contributed by atoms with Gasteiger partial charge in [0.2, 0.25) is 0 Å². The van der Waals surface area contributed by atoms with E-state index in [-0.39, 0.29) is 11.6 Å². The number of anilines is 2. The molecule has 2 N–H and O–H groups in total. The molecule has 1 amide bonds. The highest BCUT2D eigenvalue weighted by Crippen LogP contribution is 2.63. The Morgan fingerprint density at radius 3 is 2.62 bits per heavy atom. The fraction of sp³-hybridized carbons (Fsp3) is 0.296. The second-order valence-electron chi connectivity index (χ2n) is 9.35. The van der Waals surface area contributed by atoms with Crippen LogP contribution in [0.25, 0.3) is 0 Å². The number of hydrogen-bond donors (Lipinski definition) is 2. The Morgan fingerprint density at radius 1 is 1.00 bits per heavy atom. The van der Waals surface area contributed by atoms with Crippen LogP contribution in [0.5, 0.6) is 0 Å². The highest BCUT2D eigenvalue weighted by atomic mass is 79.9. The number of fused-ring (bicyclic) bond motifs is 7. The summed E-state index contributed by atoms with van der Waals surface area (Å²) < 4.78 is 14.9. The van der Waals surface area contributed by atoms with Crippen LogP contribution in [0, 0.1) is 23.6 Å². The summed E-state index contributed by atoms with van der Waals surface area (Å²) >= 11 is 3.25. The lowest BCUT2D eigenvalue weighted by Crippen LogP contribution is -2.35. The van der Waals surface area contributed by atoms with Crippen LogP contribution in [0.2, 0.25) is 0 Å². The van der Waals surface area contributed by atoms with Gasteiger partial charge in [-0.3, -0.25) is 4.79 Å². The summed E-state index contributed by atoms with van der Waals surface area (Å²) in [6.45, 7) is 0. The van der Waals surface area contributed by atoms with Crippen LogP contribution in [0.3, 0.4) is 0 Å². The zero-order valence-corrected chi connectivity index (χ0v) is 19.1. The van der Waals surface area contributed by atoms with Crippen LogP contribution in [-0.2, 0) is 0 Å². The van der Waals surface area contributed by atoms with E-state index in [2.05, 4.69) is 56.9 Å². The number of benzene rings is 3. The molecule has 2 bridgehead atoms. The lowest BCUT2D eigenvalue weighted by Gasteiger charge is -2.43.